The molecule has 0 spiro atoms. The van der Waals surface area contributed by atoms with Crippen LogP contribution in [-0.4, -0.2) is 31.6 Å². The molecule has 1 rings (SSSR count). The highest BCUT2D eigenvalue weighted by atomic mass is 19.1. The molecule has 2 atom stereocenters. The van der Waals surface area contributed by atoms with Crippen molar-refractivity contribution in [3.8, 4) is 5.75 Å². The van der Waals surface area contributed by atoms with Crippen LogP contribution in [0.25, 0.3) is 0 Å². The number of rotatable bonds is 7. The zero-order valence-electron chi connectivity index (χ0n) is 12.4. The first-order valence-corrected chi connectivity index (χ1v) is 6.69. The Morgan fingerprint density at radius 3 is 2.43 bits per heavy atom. The summed E-state index contributed by atoms with van der Waals surface area (Å²) < 4.78 is 22.8. The van der Waals surface area contributed by atoms with Gasteiger partial charge in [0.2, 0.25) is 5.91 Å². The van der Waals surface area contributed by atoms with E-state index in [1.54, 1.807) is 13.8 Å². The van der Waals surface area contributed by atoms with Gasteiger partial charge in [0.25, 0.3) is 0 Å². The van der Waals surface area contributed by atoms with Crippen LogP contribution in [0, 0.1) is 11.7 Å². The minimum absolute atomic E-state index is 0.0654. The van der Waals surface area contributed by atoms with Crippen molar-refractivity contribution in [3.63, 3.8) is 0 Å². The predicted molar refractivity (Wildman–Crippen MR) is 75.3 cm³/mol. The molecule has 6 heteroatoms. The largest absolute Gasteiger partial charge is 0.489 e. The van der Waals surface area contributed by atoms with Gasteiger partial charge < -0.3 is 14.8 Å². The van der Waals surface area contributed by atoms with Gasteiger partial charge in [-0.05, 0) is 31.2 Å². The maximum absolute atomic E-state index is 12.7. The van der Waals surface area contributed by atoms with Crippen molar-refractivity contribution >= 4 is 11.9 Å². The van der Waals surface area contributed by atoms with Crippen LogP contribution >= 0.6 is 0 Å². The first-order valence-electron chi connectivity index (χ1n) is 6.69. The number of hydrogen-bond acceptors (Lipinski definition) is 4. The Morgan fingerprint density at radius 1 is 1.24 bits per heavy atom. The highest BCUT2D eigenvalue weighted by molar-refractivity contribution is 5.82. The molecule has 116 valence electrons. The Hall–Kier alpha value is -2.11. The van der Waals surface area contributed by atoms with Gasteiger partial charge in [0.1, 0.15) is 17.7 Å². The number of hydrogen-bond donors (Lipinski definition) is 1. The number of benzene rings is 1. The van der Waals surface area contributed by atoms with E-state index in [0.717, 1.165) is 0 Å². The summed E-state index contributed by atoms with van der Waals surface area (Å²) in [6.45, 7) is 3.71. The number of carbonyl (C=O) groups excluding carboxylic acids is 2. The van der Waals surface area contributed by atoms with E-state index in [9.17, 15) is 14.0 Å². The Labute approximate surface area is 123 Å². The van der Waals surface area contributed by atoms with Gasteiger partial charge in [-0.2, -0.15) is 0 Å². The highest BCUT2D eigenvalue weighted by Gasteiger charge is 2.17. The van der Waals surface area contributed by atoms with Crippen LogP contribution in [0.4, 0.5) is 4.39 Å². The fraction of sp³-hybridized carbons (Fsp3) is 0.467. The summed E-state index contributed by atoms with van der Waals surface area (Å²) in [5, 5.41) is 2.68. The minimum atomic E-state index is -0.483. The lowest BCUT2D eigenvalue weighted by atomic mass is 10.1. The number of carbonyl (C=O) groups is 2. The van der Waals surface area contributed by atoms with E-state index < -0.39 is 11.9 Å². The van der Waals surface area contributed by atoms with Crippen molar-refractivity contribution in [2.45, 2.75) is 26.4 Å². The summed E-state index contributed by atoms with van der Waals surface area (Å²) in [5.74, 6) is -0.951. The maximum atomic E-state index is 12.7. The fourth-order valence-corrected chi connectivity index (χ4v) is 1.68. The summed E-state index contributed by atoms with van der Waals surface area (Å²) in [4.78, 5) is 22.8. The van der Waals surface area contributed by atoms with E-state index in [0.29, 0.717) is 12.3 Å². The van der Waals surface area contributed by atoms with Crippen molar-refractivity contribution in [2.75, 3.05) is 13.7 Å². The maximum Gasteiger partial charge on any atom is 0.308 e. The molecule has 0 fully saturated rings. The van der Waals surface area contributed by atoms with Crippen molar-refractivity contribution < 1.29 is 23.5 Å². The lowest BCUT2D eigenvalue weighted by Crippen LogP contribution is -2.35. The third-order valence-electron chi connectivity index (χ3n) is 2.83. The zero-order valence-corrected chi connectivity index (χ0v) is 12.4. The van der Waals surface area contributed by atoms with Gasteiger partial charge >= 0.3 is 5.97 Å². The van der Waals surface area contributed by atoms with E-state index in [4.69, 9.17) is 4.74 Å². The molecule has 0 unspecified atom stereocenters. The average Bonchev–Trinajstić information content (AvgIpc) is 2.46. The number of amides is 1. The zero-order chi connectivity index (χ0) is 15.8. The number of halogens is 1. The Kier molecular flexibility index (Phi) is 6.65. The Balaban J connectivity index is 2.32. The molecule has 0 aliphatic heterocycles. The second-order valence-corrected chi connectivity index (χ2v) is 4.81. The molecule has 0 aliphatic rings. The molecular weight excluding hydrogens is 277 g/mol. The van der Waals surface area contributed by atoms with E-state index in [2.05, 4.69) is 10.1 Å². The molecule has 0 saturated carbocycles. The van der Waals surface area contributed by atoms with Gasteiger partial charge in [-0.25, -0.2) is 4.39 Å². The van der Waals surface area contributed by atoms with Gasteiger partial charge in [-0.3, -0.25) is 9.59 Å². The van der Waals surface area contributed by atoms with E-state index >= 15 is 0 Å². The van der Waals surface area contributed by atoms with Crippen LogP contribution in [0.1, 0.15) is 20.3 Å². The van der Waals surface area contributed by atoms with Gasteiger partial charge in [-0.15, -0.1) is 0 Å². The van der Waals surface area contributed by atoms with Crippen molar-refractivity contribution in [1.82, 2.24) is 5.32 Å². The second-order valence-electron chi connectivity index (χ2n) is 4.81. The number of esters is 1. The number of methoxy groups -OCH3 is 1. The summed E-state index contributed by atoms with van der Waals surface area (Å²) >= 11 is 0. The van der Waals surface area contributed by atoms with Crippen LogP contribution in [0.2, 0.25) is 0 Å². The van der Waals surface area contributed by atoms with E-state index in [1.165, 1.54) is 31.4 Å². The normalized spacial score (nSPS) is 13.1. The molecule has 21 heavy (non-hydrogen) atoms. The first kappa shape index (κ1) is 16.9. The molecule has 0 radical (unpaired) electrons. The Morgan fingerprint density at radius 2 is 1.86 bits per heavy atom. The van der Waals surface area contributed by atoms with Crippen molar-refractivity contribution in [1.29, 1.82) is 0 Å². The van der Waals surface area contributed by atoms with Gasteiger partial charge in [0.15, 0.2) is 0 Å². The monoisotopic (exact) mass is 297 g/mol. The molecule has 0 saturated heterocycles. The summed E-state index contributed by atoms with van der Waals surface area (Å²) in [7, 11) is 1.29. The molecular formula is C15H20FNO4. The van der Waals surface area contributed by atoms with Crippen LogP contribution in [0.3, 0.4) is 0 Å². The van der Waals surface area contributed by atoms with Crippen LogP contribution < -0.4 is 10.1 Å². The number of nitrogens with one attached hydrogen (secondary N) is 1. The molecule has 0 heterocycles. The van der Waals surface area contributed by atoms with Crippen molar-refractivity contribution in [3.05, 3.63) is 30.1 Å². The topological polar surface area (TPSA) is 64.6 Å². The van der Waals surface area contributed by atoms with Gasteiger partial charge in [0, 0.05) is 6.42 Å². The fourth-order valence-electron chi connectivity index (χ4n) is 1.68. The first-order chi connectivity index (χ1) is 9.92. The second kappa shape index (κ2) is 8.24. The lowest BCUT2D eigenvalue weighted by Gasteiger charge is -2.16. The third kappa shape index (κ3) is 6.25. The van der Waals surface area contributed by atoms with Crippen LogP contribution in [0.5, 0.6) is 5.75 Å². The smallest absolute Gasteiger partial charge is 0.308 e. The summed E-state index contributed by atoms with van der Waals surface area (Å²) in [6, 6.07) is 5.65. The molecule has 1 aromatic carbocycles. The standard InChI is InChI=1S/C15H20FNO4/c1-10(15(19)20-3)8-14(18)17-9-11(2)21-13-6-4-12(16)5-7-13/h4-7,10-11H,8-9H2,1-3H3,(H,17,18)/t10-,11-/m0/s1. The highest BCUT2D eigenvalue weighted by Crippen LogP contribution is 2.12. The summed E-state index contributed by atoms with van der Waals surface area (Å²) in [5.41, 5.74) is 0. The molecule has 0 aliphatic carbocycles. The van der Waals surface area contributed by atoms with Crippen LogP contribution in [0.15, 0.2) is 24.3 Å². The van der Waals surface area contributed by atoms with Gasteiger partial charge in [-0.1, -0.05) is 6.92 Å². The molecule has 0 bridgehead atoms. The molecule has 5 nitrogen and oxygen atoms in total. The van der Waals surface area contributed by atoms with Crippen molar-refractivity contribution in [2.24, 2.45) is 5.92 Å². The molecule has 1 N–H and O–H groups in total. The van der Waals surface area contributed by atoms with E-state index in [1.807, 2.05) is 0 Å². The number of ether oxygens (including phenoxy) is 2. The predicted octanol–water partition coefficient (Wildman–Crippen LogP) is 1.91. The lowest BCUT2D eigenvalue weighted by molar-refractivity contribution is -0.146. The van der Waals surface area contributed by atoms with Crippen LogP contribution in [-0.2, 0) is 14.3 Å². The summed E-state index contributed by atoms with van der Waals surface area (Å²) in [6.07, 6.45) is -0.205. The van der Waals surface area contributed by atoms with E-state index in [-0.39, 0.29) is 24.2 Å². The minimum Gasteiger partial charge on any atom is -0.489 e. The Bertz CT molecular complexity index is 475. The quantitative estimate of drug-likeness (QED) is 0.781. The average molecular weight is 297 g/mol. The molecule has 1 amide bonds. The SMILES string of the molecule is COC(=O)[C@@H](C)CC(=O)NC[C@H](C)Oc1ccc(F)cc1. The molecule has 1 aromatic rings. The molecule has 0 aromatic heterocycles. The van der Waals surface area contributed by atoms with Gasteiger partial charge in [0.05, 0.1) is 19.6 Å². The third-order valence-corrected chi connectivity index (χ3v) is 2.83.